The van der Waals surface area contributed by atoms with Crippen molar-refractivity contribution in [3.8, 4) is 10.8 Å². The first-order chi connectivity index (χ1) is 18.5. The van der Waals surface area contributed by atoms with E-state index in [2.05, 4.69) is 25.8 Å². The molecule has 1 aliphatic carbocycles. The molecule has 4 aromatic rings. The second-order valence-electron chi connectivity index (χ2n) is 10.0. The molecule has 0 bridgehead atoms. The van der Waals surface area contributed by atoms with E-state index < -0.39 is 5.91 Å². The minimum atomic E-state index is -0.526. The molecule has 4 heterocycles. The van der Waals surface area contributed by atoms with Crippen LogP contribution in [0.3, 0.4) is 0 Å². The third-order valence-corrected chi connectivity index (χ3v) is 8.86. The Morgan fingerprint density at radius 2 is 1.97 bits per heavy atom. The van der Waals surface area contributed by atoms with Gasteiger partial charge in [-0.1, -0.05) is 36.7 Å². The van der Waals surface area contributed by atoms with Gasteiger partial charge in [-0.25, -0.2) is 4.98 Å². The molecule has 0 spiro atoms. The van der Waals surface area contributed by atoms with E-state index in [0.717, 1.165) is 66.1 Å². The fourth-order valence-electron chi connectivity index (χ4n) is 5.17. The number of fused-ring (bicyclic) bond motifs is 1. The maximum absolute atomic E-state index is 12.4. The Labute approximate surface area is 231 Å². The maximum atomic E-state index is 12.4. The first-order valence-electron chi connectivity index (χ1n) is 13.1. The van der Waals surface area contributed by atoms with Crippen LogP contribution in [0.15, 0.2) is 48.9 Å². The van der Waals surface area contributed by atoms with Crippen LogP contribution in [-0.4, -0.2) is 62.5 Å². The Morgan fingerprint density at radius 3 is 2.68 bits per heavy atom. The van der Waals surface area contributed by atoms with Crippen molar-refractivity contribution in [3.63, 3.8) is 0 Å². The number of hydrogen-bond acceptors (Lipinski definition) is 7. The maximum Gasteiger partial charge on any atom is 0.262 e. The summed E-state index contributed by atoms with van der Waals surface area (Å²) in [6.45, 7) is 7.22. The van der Waals surface area contributed by atoms with Gasteiger partial charge in [0.15, 0.2) is 0 Å². The average molecular weight is 551 g/mol. The monoisotopic (exact) mass is 550 g/mol. The van der Waals surface area contributed by atoms with Gasteiger partial charge >= 0.3 is 0 Å². The zero-order chi connectivity index (χ0) is 26.2. The van der Waals surface area contributed by atoms with Crippen molar-refractivity contribution < 1.29 is 9.53 Å². The van der Waals surface area contributed by atoms with Gasteiger partial charge < -0.3 is 10.5 Å². The smallest absolute Gasteiger partial charge is 0.262 e. The Bertz CT molecular complexity index is 1460. The molecule has 10 heteroatoms. The molecule has 6 rings (SSSR count). The van der Waals surface area contributed by atoms with Crippen molar-refractivity contribution >= 4 is 39.9 Å². The van der Waals surface area contributed by atoms with Crippen molar-refractivity contribution in [1.82, 2.24) is 24.3 Å². The van der Waals surface area contributed by atoms with Gasteiger partial charge in [-0.05, 0) is 31.4 Å². The zero-order valence-electron chi connectivity index (χ0n) is 21.3. The summed E-state index contributed by atoms with van der Waals surface area (Å²) in [5, 5.41) is 1.44. The molecule has 2 N–H and O–H groups in total. The zero-order valence-corrected chi connectivity index (χ0v) is 22.9. The number of ether oxygens (including phenoxy) is 1. The summed E-state index contributed by atoms with van der Waals surface area (Å²) in [5.74, 6) is -0.0729. The van der Waals surface area contributed by atoms with Crippen LogP contribution < -0.4 is 10.5 Å². The molecule has 2 aliphatic rings. The van der Waals surface area contributed by atoms with Gasteiger partial charge in [-0.2, -0.15) is 0 Å². The van der Waals surface area contributed by atoms with E-state index in [1.165, 1.54) is 24.2 Å². The predicted molar refractivity (Wildman–Crippen MR) is 150 cm³/mol. The van der Waals surface area contributed by atoms with Gasteiger partial charge in [0.05, 0.1) is 17.4 Å². The quantitative estimate of drug-likeness (QED) is 0.314. The van der Waals surface area contributed by atoms with Crippen molar-refractivity contribution in [2.24, 2.45) is 5.73 Å². The first-order valence-corrected chi connectivity index (χ1v) is 14.3. The Kier molecular flexibility index (Phi) is 7.09. The van der Waals surface area contributed by atoms with E-state index >= 15 is 0 Å². The van der Waals surface area contributed by atoms with Gasteiger partial charge in [0, 0.05) is 55.4 Å². The number of carbonyl (C=O) groups is 1. The number of piperazine rings is 1. The number of amides is 1. The number of imidazole rings is 1. The number of nitrogens with two attached hydrogens (primary N) is 1. The molecule has 0 radical (unpaired) electrons. The minimum Gasteiger partial charge on any atom is -0.484 e. The van der Waals surface area contributed by atoms with E-state index in [4.69, 9.17) is 22.1 Å². The van der Waals surface area contributed by atoms with Crippen LogP contribution in [-0.2, 0) is 6.54 Å². The minimum absolute atomic E-state index is 0.306. The van der Waals surface area contributed by atoms with Crippen molar-refractivity contribution in [2.75, 3.05) is 26.2 Å². The highest BCUT2D eigenvalue weighted by Crippen LogP contribution is 2.38. The molecule has 1 atom stereocenters. The lowest BCUT2D eigenvalue weighted by Crippen LogP contribution is -2.46. The number of hydrogen-bond donors (Lipinski definition) is 1. The highest BCUT2D eigenvalue weighted by atomic mass is 35.5. The summed E-state index contributed by atoms with van der Waals surface area (Å²) in [6, 6.07) is 12.4. The molecular formula is C28H31ClN6O2S. The molecule has 3 aromatic heterocycles. The molecular weight excluding hydrogens is 520 g/mol. The number of halogens is 1. The SMILES string of the molecule is CCC(Oc1cc(-n2cnc3cnc(CN4CCN(C5CC5)CC4)cc32)sc1C(N)=O)c1ccccc1Cl. The van der Waals surface area contributed by atoms with Gasteiger partial charge in [-0.3, -0.25) is 24.1 Å². The standard InChI is InChI=1S/C28H31ClN6O2S/c1-2-24(20-5-3-4-6-21(20)29)37-25-14-26(38-27(25)28(30)36)35-17-32-22-15-31-18(13-23(22)35)16-33-9-11-34(12-10-33)19-7-8-19/h3-6,13-15,17,19,24H,2,7-12,16H2,1H3,(H2,30,36). The lowest BCUT2D eigenvalue weighted by Gasteiger charge is -2.34. The fourth-order valence-corrected chi connectivity index (χ4v) is 6.35. The first kappa shape index (κ1) is 25.3. The molecule has 1 saturated heterocycles. The van der Waals surface area contributed by atoms with E-state index in [1.54, 1.807) is 6.33 Å². The van der Waals surface area contributed by atoms with Crippen LogP contribution in [0.2, 0.25) is 5.02 Å². The Morgan fingerprint density at radius 1 is 1.18 bits per heavy atom. The molecule has 1 saturated carbocycles. The van der Waals surface area contributed by atoms with Crippen LogP contribution in [0.25, 0.3) is 16.0 Å². The lowest BCUT2D eigenvalue weighted by atomic mass is 10.1. The van der Waals surface area contributed by atoms with Crippen LogP contribution in [0, 0.1) is 0 Å². The summed E-state index contributed by atoms with van der Waals surface area (Å²) in [4.78, 5) is 27.1. The number of aromatic nitrogens is 3. The van der Waals surface area contributed by atoms with Crippen molar-refractivity contribution in [2.45, 2.75) is 44.9 Å². The van der Waals surface area contributed by atoms with E-state index in [9.17, 15) is 4.79 Å². The van der Waals surface area contributed by atoms with Crippen LogP contribution in [0.4, 0.5) is 0 Å². The Hall–Kier alpha value is -2.98. The van der Waals surface area contributed by atoms with Crippen molar-refractivity contribution in [3.05, 3.63) is 70.1 Å². The van der Waals surface area contributed by atoms with Gasteiger partial charge in [0.25, 0.3) is 5.91 Å². The summed E-state index contributed by atoms with van der Waals surface area (Å²) < 4.78 is 8.31. The molecule has 1 aliphatic heterocycles. The molecule has 1 aromatic carbocycles. The average Bonchev–Trinajstić information content (AvgIpc) is 3.55. The summed E-state index contributed by atoms with van der Waals surface area (Å²) in [7, 11) is 0. The summed E-state index contributed by atoms with van der Waals surface area (Å²) in [5.41, 5.74) is 9.38. The topological polar surface area (TPSA) is 89.5 Å². The second-order valence-corrected chi connectivity index (χ2v) is 11.4. The van der Waals surface area contributed by atoms with Gasteiger partial charge in [-0.15, -0.1) is 11.3 Å². The number of rotatable bonds is 9. The van der Waals surface area contributed by atoms with Crippen LogP contribution in [0.1, 0.15) is 53.2 Å². The lowest BCUT2D eigenvalue weighted by molar-refractivity contribution is 0.0997. The fraction of sp³-hybridized carbons (Fsp3) is 0.393. The molecule has 1 unspecified atom stereocenters. The summed E-state index contributed by atoms with van der Waals surface area (Å²) >= 11 is 7.73. The largest absolute Gasteiger partial charge is 0.484 e. The predicted octanol–water partition coefficient (Wildman–Crippen LogP) is 5.04. The number of primary amides is 1. The van der Waals surface area contributed by atoms with Gasteiger partial charge in [0.2, 0.25) is 0 Å². The van der Waals surface area contributed by atoms with Gasteiger partial charge in [0.1, 0.15) is 33.6 Å². The number of benzene rings is 1. The normalized spacial score (nSPS) is 17.6. The molecule has 2 fully saturated rings. The Balaban J connectivity index is 1.26. The highest BCUT2D eigenvalue weighted by molar-refractivity contribution is 7.16. The van der Waals surface area contributed by atoms with Crippen LogP contribution >= 0.6 is 22.9 Å². The molecule has 8 nitrogen and oxygen atoms in total. The van der Waals surface area contributed by atoms with E-state index in [-0.39, 0.29) is 6.10 Å². The highest BCUT2D eigenvalue weighted by Gasteiger charge is 2.31. The third kappa shape index (κ3) is 5.16. The molecule has 198 valence electrons. The second kappa shape index (κ2) is 10.6. The molecule has 38 heavy (non-hydrogen) atoms. The number of pyridine rings is 1. The summed E-state index contributed by atoms with van der Waals surface area (Å²) in [6.07, 6.45) is 6.68. The molecule has 1 amide bonds. The van der Waals surface area contributed by atoms with Crippen molar-refractivity contribution in [1.29, 1.82) is 0 Å². The van der Waals surface area contributed by atoms with Crippen LogP contribution in [0.5, 0.6) is 5.75 Å². The number of thiophene rings is 1. The number of nitrogens with zero attached hydrogens (tertiary/aromatic N) is 5. The van der Waals surface area contributed by atoms with E-state index in [1.807, 2.05) is 48.0 Å². The number of carbonyl (C=O) groups excluding carboxylic acids is 1. The third-order valence-electron chi connectivity index (χ3n) is 7.38. The van der Waals surface area contributed by atoms with E-state index in [0.29, 0.717) is 22.1 Å².